The molecule has 0 fully saturated rings. The van der Waals surface area contributed by atoms with Crippen LogP contribution >= 0.6 is 27.5 Å². The molecule has 0 aliphatic rings. The monoisotopic (exact) mass is 546 g/mol. The summed E-state index contributed by atoms with van der Waals surface area (Å²) >= 11 is 9.67. The fourth-order valence-corrected chi connectivity index (χ4v) is 4.97. The summed E-state index contributed by atoms with van der Waals surface area (Å²) in [7, 11) is 0. The van der Waals surface area contributed by atoms with E-state index >= 15 is 0 Å². The second-order valence-corrected chi connectivity index (χ2v) is 9.51. The largest absolute Gasteiger partial charge is 0.368 e. The number of halogens is 2. The van der Waals surface area contributed by atoms with Gasteiger partial charge in [-0.3, -0.25) is 9.59 Å². The molecule has 2 amide bonds. The number of nitrogens with one attached hydrogen (secondary N) is 1. The maximum Gasteiger partial charge on any atom is 0.240 e. The van der Waals surface area contributed by atoms with Crippen molar-refractivity contribution in [3.05, 3.63) is 141 Å². The summed E-state index contributed by atoms with van der Waals surface area (Å²) in [5, 5.41) is 3.50. The van der Waals surface area contributed by atoms with E-state index in [-0.39, 0.29) is 12.3 Å². The Bertz CT molecular complexity index is 1220. The van der Waals surface area contributed by atoms with Gasteiger partial charge in [0.1, 0.15) is 11.5 Å². The molecule has 0 bridgehead atoms. The van der Waals surface area contributed by atoms with Gasteiger partial charge in [0, 0.05) is 15.9 Å². The third-order valence-electron chi connectivity index (χ3n) is 6.04. The van der Waals surface area contributed by atoms with Crippen molar-refractivity contribution >= 4 is 39.3 Å². The summed E-state index contributed by atoms with van der Waals surface area (Å²) in [4.78, 5) is 26.9. The van der Waals surface area contributed by atoms with Gasteiger partial charge in [-0.15, -0.1) is 0 Å². The Labute approximate surface area is 218 Å². The van der Waals surface area contributed by atoms with Crippen LogP contribution in [0.15, 0.2) is 114 Å². The Morgan fingerprint density at radius 3 is 1.69 bits per heavy atom. The molecule has 3 N–H and O–H groups in total. The van der Waals surface area contributed by atoms with E-state index in [9.17, 15) is 9.59 Å². The number of carbonyl (C=O) groups excluding carboxylic acids is 2. The van der Waals surface area contributed by atoms with Crippen LogP contribution in [0.3, 0.4) is 0 Å². The van der Waals surface area contributed by atoms with E-state index in [1.807, 2.05) is 91.0 Å². The number of amides is 2. The summed E-state index contributed by atoms with van der Waals surface area (Å²) in [5.41, 5.74) is 7.68. The van der Waals surface area contributed by atoms with Crippen molar-refractivity contribution in [3.8, 4) is 0 Å². The second kappa shape index (κ2) is 10.9. The van der Waals surface area contributed by atoms with Gasteiger partial charge in [-0.05, 0) is 40.5 Å². The van der Waals surface area contributed by atoms with E-state index in [4.69, 9.17) is 17.3 Å². The molecule has 4 aromatic carbocycles. The molecule has 4 rings (SSSR count). The molecule has 0 aliphatic carbocycles. The van der Waals surface area contributed by atoms with Crippen LogP contribution in [0, 0.1) is 0 Å². The quantitative estimate of drug-likeness (QED) is 0.280. The predicted octanol–water partition coefficient (Wildman–Crippen LogP) is 5.65. The second-order valence-electron chi connectivity index (χ2n) is 8.22. The maximum atomic E-state index is 14.4. The number of benzene rings is 4. The molecule has 0 heterocycles. The number of hydrogen-bond donors (Lipinski definition) is 2. The fourth-order valence-electron chi connectivity index (χ4n) is 4.37. The third kappa shape index (κ3) is 5.16. The van der Waals surface area contributed by atoms with Crippen molar-refractivity contribution in [3.63, 3.8) is 0 Å². The Balaban J connectivity index is 1.85. The van der Waals surface area contributed by atoms with Gasteiger partial charge in [-0.25, -0.2) is 0 Å². The maximum absolute atomic E-state index is 14.4. The minimum atomic E-state index is -1.21. The van der Waals surface area contributed by atoms with E-state index in [1.54, 1.807) is 18.2 Å². The van der Waals surface area contributed by atoms with Crippen molar-refractivity contribution < 1.29 is 9.59 Å². The lowest BCUT2D eigenvalue weighted by atomic mass is 9.68. The van der Waals surface area contributed by atoms with Crippen molar-refractivity contribution in [2.24, 2.45) is 5.73 Å². The van der Waals surface area contributed by atoms with Gasteiger partial charge < -0.3 is 11.1 Å². The van der Waals surface area contributed by atoms with Gasteiger partial charge in [0.15, 0.2) is 0 Å². The van der Waals surface area contributed by atoms with Gasteiger partial charge >= 0.3 is 0 Å². The molecule has 0 spiro atoms. The normalized spacial score (nSPS) is 12.1. The Hall–Kier alpha value is -3.41. The smallest absolute Gasteiger partial charge is 0.240 e. The minimum Gasteiger partial charge on any atom is -0.368 e. The molecule has 0 saturated heterocycles. The number of primary amides is 1. The van der Waals surface area contributed by atoms with Crippen LogP contribution in [0.25, 0.3) is 0 Å². The molecule has 1 atom stereocenters. The Morgan fingerprint density at radius 1 is 0.800 bits per heavy atom. The average Bonchev–Trinajstić information content (AvgIpc) is 2.88. The van der Waals surface area contributed by atoms with Gasteiger partial charge in [0.05, 0.1) is 0 Å². The number of carbonyl (C=O) groups is 2. The standard InChI is InChI=1S/C29H24BrClN2O2/c30-25-17-16-24(31)18-20(25)19-26(27(32)34)33-28(35)29(21-10-4-1-5-11-21,22-12-6-2-7-13-22)23-14-8-3-9-15-23/h1-18,26H,19H2,(H2,32,34)(H,33,35)/t26-/m1/s1. The molecule has 35 heavy (non-hydrogen) atoms. The van der Waals surface area contributed by atoms with Gasteiger partial charge in [0.2, 0.25) is 11.8 Å². The van der Waals surface area contributed by atoms with Crippen LogP contribution in [-0.2, 0) is 21.4 Å². The van der Waals surface area contributed by atoms with Crippen LogP contribution in [0.2, 0.25) is 5.02 Å². The molecule has 0 saturated carbocycles. The summed E-state index contributed by atoms with van der Waals surface area (Å²) in [6.45, 7) is 0. The molecular weight excluding hydrogens is 524 g/mol. The lowest BCUT2D eigenvalue weighted by Crippen LogP contribution is -2.54. The molecule has 4 nitrogen and oxygen atoms in total. The highest BCUT2D eigenvalue weighted by Crippen LogP contribution is 2.39. The first-order valence-electron chi connectivity index (χ1n) is 11.1. The molecule has 0 unspecified atom stereocenters. The van der Waals surface area contributed by atoms with E-state index < -0.39 is 17.4 Å². The van der Waals surface area contributed by atoms with Crippen LogP contribution in [-0.4, -0.2) is 17.9 Å². The third-order valence-corrected chi connectivity index (χ3v) is 7.05. The summed E-state index contributed by atoms with van der Waals surface area (Å²) in [6.07, 6.45) is 0.191. The van der Waals surface area contributed by atoms with E-state index in [2.05, 4.69) is 21.2 Å². The predicted molar refractivity (Wildman–Crippen MR) is 143 cm³/mol. The van der Waals surface area contributed by atoms with Crippen LogP contribution in [0.4, 0.5) is 0 Å². The highest BCUT2D eigenvalue weighted by molar-refractivity contribution is 9.10. The van der Waals surface area contributed by atoms with Crippen LogP contribution in [0.1, 0.15) is 22.3 Å². The number of rotatable bonds is 8. The van der Waals surface area contributed by atoms with Gasteiger partial charge in [-0.1, -0.05) is 119 Å². The van der Waals surface area contributed by atoms with Crippen molar-refractivity contribution in [2.75, 3.05) is 0 Å². The summed E-state index contributed by atoms with van der Waals surface area (Å²) in [5.74, 6) is -0.976. The minimum absolute atomic E-state index is 0.191. The SMILES string of the molecule is NC(=O)[C@@H](Cc1cc(Cl)ccc1Br)NC(=O)C(c1ccccc1)(c1ccccc1)c1ccccc1. The van der Waals surface area contributed by atoms with Crippen molar-refractivity contribution in [2.45, 2.75) is 17.9 Å². The molecule has 4 aromatic rings. The highest BCUT2D eigenvalue weighted by Gasteiger charge is 2.44. The summed E-state index contributed by atoms with van der Waals surface area (Å²) < 4.78 is 0.780. The lowest BCUT2D eigenvalue weighted by Gasteiger charge is -2.35. The molecule has 6 heteroatoms. The summed E-state index contributed by atoms with van der Waals surface area (Å²) in [6, 6.07) is 33.0. The van der Waals surface area contributed by atoms with E-state index in [0.29, 0.717) is 5.02 Å². The van der Waals surface area contributed by atoms with Gasteiger partial charge in [-0.2, -0.15) is 0 Å². The molecule has 0 radical (unpaired) electrons. The van der Waals surface area contributed by atoms with Crippen molar-refractivity contribution in [1.82, 2.24) is 5.32 Å². The zero-order chi connectivity index (χ0) is 24.8. The Kier molecular flexibility index (Phi) is 7.69. The molecule has 0 aromatic heterocycles. The topological polar surface area (TPSA) is 72.2 Å². The molecule has 176 valence electrons. The first-order valence-corrected chi connectivity index (χ1v) is 12.3. The Morgan fingerprint density at radius 2 is 1.26 bits per heavy atom. The highest BCUT2D eigenvalue weighted by atomic mass is 79.9. The van der Waals surface area contributed by atoms with E-state index in [1.165, 1.54) is 0 Å². The fraction of sp³-hybridized carbons (Fsp3) is 0.103. The average molecular weight is 548 g/mol. The molecule has 0 aliphatic heterocycles. The zero-order valence-electron chi connectivity index (χ0n) is 18.8. The first kappa shape index (κ1) is 24.7. The molecular formula is C29H24BrClN2O2. The number of nitrogens with two attached hydrogens (primary N) is 1. The van der Waals surface area contributed by atoms with Crippen LogP contribution < -0.4 is 11.1 Å². The lowest BCUT2D eigenvalue weighted by molar-refractivity contribution is -0.129. The van der Waals surface area contributed by atoms with E-state index in [0.717, 1.165) is 26.7 Å². The first-order chi connectivity index (χ1) is 16.9. The van der Waals surface area contributed by atoms with Crippen molar-refractivity contribution in [1.29, 1.82) is 0 Å². The van der Waals surface area contributed by atoms with Crippen LogP contribution in [0.5, 0.6) is 0 Å². The van der Waals surface area contributed by atoms with Gasteiger partial charge in [0.25, 0.3) is 0 Å². The number of hydrogen-bond acceptors (Lipinski definition) is 2. The zero-order valence-corrected chi connectivity index (χ0v) is 21.2.